The van der Waals surface area contributed by atoms with Crippen molar-refractivity contribution in [3.05, 3.63) is 66.8 Å². The van der Waals surface area contributed by atoms with Gasteiger partial charge in [0.2, 0.25) is 0 Å². The summed E-state index contributed by atoms with van der Waals surface area (Å²) in [6, 6.07) is 8.59. The van der Waals surface area contributed by atoms with Crippen LogP contribution in [0, 0.1) is 5.82 Å². The Bertz CT molecular complexity index is 1280. The lowest BCUT2D eigenvalue weighted by Gasteiger charge is -2.13. The van der Waals surface area contributed by atoms with Crippen molar-refractivity contribution in [1.29, 1.82) is 0 Å². The van der Waals surface area contributed by atoms with Crippen LogP contribution >= 0.6 is 0 Å². The van der Waals surface area contributed by atoms with Gasteiger partial charge in [-0.05, 0) is 18.2 Å². The van der Waals surface area contributed by atoms with Crippen LogP contribution in [0.1, 0.15) is 26.5 Å². The minimum atomic E-state index is -0.605. The maximum Gasteiger partial charge on any atom is 0.324 e. The molecule has 4 rings (SSSR count). The fraction of sp³-hybridized carbons (Fsp3) is 0.217. The highest BCUT2D eigenvalue weighted by atomic mass is 19.1. The molecule has 9 nitrogen and oxygen atoms in total. The number of pyridine rings is 1. The molecule has 0 aliphatic rings. The van der Waals surface area contributed by atoms with Crippen molar-refractivity contribution in [1.82, 2.24) is 19.7 Å². The number of aryl methyl sites for hydroxylation is 1. The first-order chi connectivity index (χ1) is 15.7. The molecule has 0 unspecified atom stereocenters. The number of hydrogen-bond donors (Lipinski definition) is 2. The molecular formula is C23H23FN6O3. The van der Waals surface area contributed by atoms with E-state index in [2.05, 4.69) is 25.7 Å². The van der Waals surface area contributed by atoms with E-state index >= 15 is 0 Å². The summed E-state index contributed by atoms with van der Waals surface area (Å²) in [5.41, 5.74) is 1.74. The van der Waals surface area contributed by atoms with Crippen LogP contribution in [-0.4, -0.2) is 25.8 Å². The van der Waals surface area contributed by atoms with Gasteiger partial charge in [0.05, 0.1) is 17.1 Å². The van der Waals surface area contributed by atoms with Gasteiger partial charge in [0, 0.05) is 36.9 Å². The van der Waals surface area contributed by atoms with Crippen molar-refractivity contribution < 1.29 is 18.3 Å². The SMILES string of the molecule is Cn1nc(C(C)(C)C)cc1NC(=O)Nc1cc(Oc2ccnc(-c3cocn3)c2)ccc1F. The molecule has 0 bridgehead atoms. The van der Waals surface area contributed by atoms with Crippen LogP contribution in [0.5, 0.6) is 11.5 Å². The molecule has 3 heterocycles. The first-order valence-electron chi connectivity index (χ1n) is 10.1. The maximum atomic E-state index is 14.4. The van der Waals surface area contributed by atoms with Crippen LogP contribution < -0.4 is 15.4 Å². The van der Waals surface area contributed by atoms with Crippen LogP contribution in [0.4, 0.5) is 20.7 Å². The van der Waals surface area contributed by atoms with E-state index in [9.17, 15) is 9.18 Å². The van der Waals surface area contributed by atoms with Gasteiger partial charge in [0.25, 0.3) is 0 Å². The fourth-order valence-electron chi connectivity index (χ4n) is 2.97. The Morgan fingerprint density at radius 2 is 1.85 bits per heavy atom. The van der Waals surface area contributed by atoms with Gasteiger partial charge in [-0.15, -0.1) is 0 Å². The zero-order chi connectivity index (χ0) is 23.6. The molecule has 3 aromatic heterocycles. The van der Waals surface area contributed by atoms with Gasteiger partial charge >= 0.3 is 6.03 Å². The first kappa shape index (κ1) is 22.0. The summed E-state index contributed by atoms with van der Waals surface area (Å²) >= 11 is 0. The zero-order valence-electron chi connectivity index (χ0n) is 18.6. The summed E-state index contributed by atoms with van der Waals surface area (Å²) < 4.78 is 26.7. The molecule has 0 atom stereocenters. The summed E-state index contributed by atoms with van der Waals surface area (Å²) in [7, 11) is 1.72. The molecule has 170 valence electrons. The largest absolute Gasteiger partial charge is 0.457 e. The van der Waals surface area contributed by atoms with Gasteiger partial charge in [-0.3, -0.25) is 15.0 Å². The van der Waals surface area contributed by atoms with Crippen molar-refractivity contribution in [2.45, 2.75) is 26.2 Å². The van der Waals surface area contributed by atoms with Gasteiger partial charge in [-0.1, -0.05) is 20.8 Å². The standard InChI is InChI=1S/C23H23FN6O3/c1-23(2,3)20-11-21(30(4)29-20)28-22(31)27-17-9-14(5-6-16(17)24)33-15-7-8-25-18(10-15)19-12-32-13-26-19/h5-13H,1-4H3,(H2,27,28,31). The van der Waals surface area contributed by atoms with E-state index in [1.54, 1.807) is 36.1 Å². The molecule has 1 aromatic carbocycles. The zero-order valence-corrected chi connectivity index (χ0v) is 18.6. The second kappa shape index (κ2) is 8.73. The second-order valence-corrected chi connectivity index (χ2v) is 8.36. The Kier molecular flexibility index (Phi) is 5.82. The molecule has 0 saturated carbocycles. The van der Waals surface area contributed by atoms with Crippen molar-refractivity contribution in [2.24, 2.45) is 7.05 Å². The van der Waals surface area contributed by atoms with Gasteiger partial charge in [0.15, 0.2) is 6.39 Å². The quantitative estimate of drug-likeness (QED) is 0.425. The Morgan fingerprint density at radius 3 is 2.55 bits per heavy atom. The molecule has 4 aromatic rings. The minimum Gasteiger partial charge on any atom is -0.457 e. The number of ether oxygens (including phenoxy) is 1. The van der Waals surface area contributed by atoms with Crippen LogP contribution in [0.25, 0.3) is 11.4 Å². The van der Waals surface area contributed by atoms with Crippen LogP contribution in [0.2, 0.25) is 0 Å². The molecule has 10 heteroatoms. The van der Waals surface area contributed by atoms with E-state index in [1.165, 1.54) is 30.9 Å². The molecular weight excluding hydrogens is 427 g/mol. The van der Waals surface area contributed by atoms with E-state index in [0.29, 0.717) is 28.7 Å². The summed E-state index contributed by atoms with van der Waals surface area (Å²) in [4.78, 5) is 20.8. The number of carbonyl (C=O) groups is 1. The molecule has 0 aliphatic carbocycles. The average molecular weight is 450 g/mol. The molecule has 2 amide bonds. The number of anilines is 2. The number of urea groups is 1. The van der Waals surface area contributed by atoms with Crippen molar-refractivity contribution in [2.75, 3.05) is 10.6 Å². The average Bonchev–Trinajstić information content (AvgIpc) is 3.41. The number of benzene rings is 1. The molecule has 0 spiro atoms. The predicted octanol–water partition coefficient (Wildman–Crippen LogP) is 5.34. The van der Waals surface area contributed by atoms with E-state index in [1.807, 2.05) is 20.8 Å². The Morgan fingerprint density at radius 1 is 1.06 bits per heavy atom. The van der Waals surface area contributed by atoms with E-state index in [-0.39, 0.29) is 11.1 Å². The Labute approximate surface area is 189 Å². The highest BCUT2D eigenvalue weighted by molar-refractivity contribution is 5.99. The van der Waals surface area contributed by atoms with Crippen LogP contribution in [-0.2, 0) is 12.5 Å². The summed E-state index contributed by atoms with van der Waals surface area (Å²) in [5.74, 6) is 0.687. The first-order valence-corrected chi connectivity index (χ1v) is 10.1. The fourth-order valence-corrected chi connectivity index (χ4v) is 2.97. The highest BCUT2D eigenvalue weighted by Crippen LogP contribution is 2.28. The number of hydrogen-bond acceptors (Lipinski definition) is 6. The Hall–Kier alpha value is -4.21. The number of nitrogens with zero attached hydrogens (tertiary/aromatic N) is 4. The number of amides is 2. The molecule has 0 fully saturated rings. The summed E-state index contributed by atoms with van der Waals surface area (Å²) in [6.07, 6.45) is 4.34. The Balaban J connectivity index is 1.47. The number of aromatic nitrogens is 4. The van der Waals surface area contributed by atoms with Gasteiger partial charge in [-0.25, -0.2) is 14.2 Å². The normalized spacial score (nSPS) is 11.3. The monoisotopic (exact) mass is 450 g/mol. The number of nitrogens with one attached hydrogen (secondary N) is 2. The smallest absolute Gasteiger partial charge is 0.324 e. The molecule has 33 heavy (non-hydrogen) atoms. The maximum absolute atomic E-state index is 14.4. The number of carbonyl (C=O) groups excluding carboxylic acids is 1. The van der Waals surface area contributed by atoms with Gasteiger partial charge in [-0.2, -0.15) is 5.10 Å². The topological polar surface area (TPSA) is 107 Å². The van der Waals surface area contributed by atoms with E-state index < -0.39 is 11.8 Å². The lowest BCUT2D eigenvalue weighted by molar-refractivity contribution is 0.262. The molecule has 0 radical (unpaired) electrons. The van der Waals surface area contributed by atoms with E-state index in [0.717, 1.165) is 5.69 Å². The lowest BCUT2D eigenvalue weighted by atomic mass is 9.92. The molecule has 0 saturated heterocycles. The van der Waals surface area contributed by atoms with Gasteiger partial charge in [0.1, 0.15) is 35.1 Å². The van der Waals surface area contributed by atoms with Crippen molar-refractivity contribution in [3.63, 3.8) is 0 Å². The second-order valence-electron chi connectivity index (χ2n) is 8.36. The number of oxazole rings is 1. The molecule has 0 aliphatic heterocycles. The van der Waals surface area contributed by atoms with Crippen molar-refractivity contribution >= 4 is 17.5 Å². The number of halogens is 1. The third-order valence-corrected chi connectivity index (χ3v) is 4.74. The van der Waals surface area contributed by atoms with E-state index in [4.69, 9.17) is 9.15 Å². The van der Waals surface area contributed by atoms with Crippen molar-refractivity contribution in [3.8, 4) is 22.9 Å². The summed E-state index contributed by atoms with van der Waals surface area (Å²) in [5, 5.41) is 9.61. The molecule has 2 N–H and O–H groups in total. The van der Waals surface area contributed by atoms with Crippen LogP contribution in [0.15, 0.2) is 59.7 Å². The third kappa shape index (κ3) is 5.17. The predicted molar refractivity (Wildman–Crippen MR) is 121 cm³/mol. The van der Waals surface area contributed by atoms with Gasteiger partial charge < -0.3 is 14.5 Å². The van der Waals surface area contributed by atoms with Crippen LogP contribution in [0.3, 0.4) is 0 Å². The highest BCUT2D eigenvalue weighted by Gasteiger charge is 2.20. The lowest BCUT2D eigenvalue weighted by Crippen LogP contribution is -2.21. The third-order valence-electron chi connectivity index (χ3n) is 4.74. The minimum absolute atomic E-state index is 0.0333. The number of rotatable bonds is 5. The summed E-state index contributed by atoms with van der Waals surface area (Å²) in [6.45, 7) is 6.08.